The molecule has 0 aliphatic rings. The zero-order chi connectivity index (χ0) is 33.0. The zero-order valence-corrected chi connectivity index (χ0v) is 25.2. The Kier molecular flexibility index (Phi) is 10.5. The molecule has 3 aromatic rings. The minimum atomic E-state index is -5.31. The van der Waals surface area contributed by atoms with Gasteiger partial charge in [-0.05, 0) is 67.9 Å². The van der Waals surface area contributed by atoms with Crippen LogP contribution in [0.25, 0.3) is 11.3 Å². The first kappa shape index (κ1) is 34.5. The van der Waals surface area contributed by atoms with Crippen LogP contribution in [0.4, 0.5) is 17.6 Å². The SMILES string of the molecule is COc1cc(C(=O)NCC(O)(c2cc(C(C)(C)NC(C)C)cc(-c3ccc(F)c(Cl)c3)n2)C(F)(F)F)ccc1OCC(=O)O. The fraction of sp³-hybridized carbons (Fsp3) is 0.367. The van der Waals surface area contributed by atoms with Crippen molar-refractivity contribution in [2.75, 3.05) is 20.3 Å². The van der Waals surface area contributed by atoms with E-state index in [1.165, 1.54) is 37.4 Å². The third kappa shape index (κ3) is 7.96. The first-order valence-electron chi connectivity index (χ1n) is 13.2. The molecule has 0 spiro atoms. The number of aliphatic hydroxyl groups is 1. The van der Waals surface area contributed by atoms with Crippen molar-refractivity contribution < 1.29 is 46.8 Å². The van der Waals surface area contributed by atoms with Crippen molar-refractivity contribution in [3.8, 4) is 22.8 Å². The number of alkyl halides is 3. The second-order valence-corrected chi connectivity index (χ2v) is 11.2. The fourth-order valence-corrected chi connectivity index (χ4v) is 4.61. The quantitative estimate of drug-likeness (QED) is 0.193. The van der Waals surface area contributed by atoms with Gasteiger partial charge >= 0.3 is 12.1 Å². The Labute approximate surface area is 256 Å². The van der Waals surface area contributed by atoms with Gasteiger partial charge in [0.25, 0.3) is 5.91 Å². The molecular weight excluding hydrogens is 610 g/mol. The molecule has 0 radical (unpaired) electrons. The highest BCUT2D eigenvalue weighted by Crippen LogP contribution is 2.40. The fourth-order valence-electron chi connectivity index (χ4n) is 4.43. The highest BCUT2D eigenvalue weighted by Gasteiger charge is 2.56. The van der Waals surface area contributed by atoms with Crippen molar-refractivity contribution in [2.24, 2.45) is 0 Å². The summed E-state index contributed by atoms with van der Waals surface area (Å²) >= 11 is 5.94. The van der Waals surface area contributed by atoms with Gasteiger partial charge in [0.15, 0.2) is 18.1 Å². The lowest BCUT2D eigenvalue weighted by molar-refractivity contribution is -0.265. The number of amides is 1. The number of halogens is 5. The molecule has 1 amide bonds. The van der Waals surface area contributed by atoms with Gasteiger partial charge in [0.2, 0.25) is 5.60 Å². The van der Waals surface area contributed by atoms with E-state index in [4.69, 9.17) is 26.2 Å². The number of carboxylic acid groups (broad SMARTS) is 1. The molecule has 0 aliphatic carbocycles. The van der Waals surface area contributed by atoms with Crippen molar-refractivity contribution >= 4 is 23.5 Å². The summed E-state index contributed by atoms with van der Waals surface area (Å²) in [7, 11) is 1.23. The topological polar surface area (TPSA) is 130 Å². The predicted octanol–water partition coefficient (Wildman–Crippen LogP) is 5.43. The average molecular weight is 642 g/mol. The van der Waals surface area contributed by atoms with E-state index in [2.05, 4.69) is 15.6 Å². The summed E-state index contributed by atoms with van der Waals surface area (Å²) in [5, 5.41) is 25.1. The van der Waals surface area contributed by atoms with Gasteiger partial charge in [0.1, 0.15) is 5.82 Å². The molecule has 3 rings (SSSR count). The van der Waals surface area contributed by atoms with E-state index in [0.29, 0.717) is 5.56 Å². The number of ether oxygens (including phenoxy) is 2. The first-order chi connectivity index (χ1) is 20.4. The van der Waals surface area contributed by atoms with Crippen LogP contribution in [0.3, 0.4) is 0 Å². The van der Waals surface area contributed by atoms with Crippen LogP contribution < -0.4 is 20.1 Å². The number of nitrogens with one attached hydrogen (secondary N) is 2. The second-order valence-electron chi connectivity index (χ2n) is 10.8. The highest BCUT2D eigenvalue weighted by atomic mass is 35.5. The van der Waals surface area contributed by atoms with Gasteiger partial charge in [0.05, 0.1) is 30.1 Å². The molecule has 4 N–H and O–H groups in total. The monoisotopic (exact) mass is 641 g/mol. The summed E-state index contributed by atoms with van der Waals surface area (Å²) < 4.78 is 68.0. The normalized spacial score (nSPS) is 13.4. The van der Waals surface area contributed by atoms with Crippen LogP contribution in [-0.4, -0.2) is 59.6 Å². The number of carbonyl (C=O) groups is 2. The summed E-state index contributed by atoms with van der Waals surface area (Å²) in [4.78, 5) is 27.9. The van der Waals surface area contributed by atoms with Crippen molar-refractivity contribution in [3.05, 3.63) is 76.2 Å². The molecule has 14 heteroatoms. The second kappa shape index (κ2) is 13.4. The maximum atomic E-state index is 14.6. The Morgan fingerprint density at radius 1 is 1.05 bits per heavy atom. The third-order valence-corrected chi connectivity index (χ3v) is 6.88. The number of carboxylic acids is 1. The standard InChI is InChI=1S/C30H32ClF4N3O6/c1-16(2)38-28(3,4)19-12-22(17-6-8-21(32)20(31)10-17)37-25(13-19)29(42,30(33,34)35)15-36-27(41)18-7-9-23(24(11-18)43-5)44-14-26(39)40/h6-13,16,38,42H,14-15H2,1-5H3,(H,36,41)(H,39,40). The van der Waals surface area contributed by atoms with Gasteiger partial charge in [-0.1, -0.05) is 25.4 Å². The maximum Gasteiger partial charge on any atom is 0.424 e. The van der Waals surface area contributed by atoms with Crippen molar-refractivity contribution in [1.29, 1.82) is 0 Å². The molecule has 2 aromatic carbocycles. The number of aliphatic carboxylic acids is 1. The number of methoxy groups -OCH3 is 1. The number of hydrogen-bond donors (Lipinski definition) is 4. The largest absolute Gasteiger partial charge is 0.493 e. The van der Waals surface area contributed by atoms with E-state index in [9.17, 15) is 32.3 Å². The lowest BCUT2D eigenvalue weighted by Gasteiger charge is -2.34. The van der Waals surface area contributed by atoms with Crippen molar-refractivity contribution in [3.63, 3.8) is 0 Å². The molecule has 0 bridgehead atoms. The summed E-state index contributed by atoms with van der Waals surface area (Å²) in [5.41, 5.74) is -5.05. The van der Waals surface area contributed by atoms with E-state index in [0.717, 1.165) is 18.2 Å². The molecule has 0 saturated heterocycles. The Morgan fingerprint density at radius 3 is 2.30 bits per heavy atom. The minimum absolute atomic E-state index is 0.00897. The van der Waals surface area contributed by atoms with Crippen LogP contribution in [0.15, 0.2) is 48.5 Å². The van der Waals surface area contributed by atoms with Crippen molar-refractivity contribution in [1.82, 2.24) is 15.6 Å². The maximum absolute atomic E-state index is 14.6. The van der Waals surface area contributed by atoms with Gasteiger partial charge in [0, 0.05) is 22.7 Å². The molecule has 1 unspecified atom stereocenters. The summed E-state index contributed by atoms with van der Waals surface area (Å²) in [6.07, 6.45) is -5.31. The van der Waals surface area contributed by atoms with E-state index >= 15 is 0 Å². The van der Waals surface area contributed by atoms with E-state index in [1.54, 1.807) is 13.8 Å². The number of carbonyl (C=O) groups excluding carboxylic acids is 1. The minimum Gasteiger partial charge on any atom is -0.493 e. The van der Waals surface area contributed by atoms with Crippen LogP contribution in [0.2, 0.25) is 5.02 Å². The summed E-state index contributed by atoms with van der Waals surface area (Å²) in [6, 6.07) is 9.65. The number of hydrogen-bond acceptors (Lipinski definition) is 7. The van der Waals surface area contributed by atoms with Crippen LogP contribution in [0.1, 0.15) is 49.3 Å². The van der Waals surface area contributed by atoms with Gasteiger partial charge in [-0.15, -0.1) is 0 Å². The predicted molar refractivity (Wildman–Crippen MR) is 154 cm³/mol. The highest BCUT2D eigenvalue weighted by molar-refractivity contribution is 6.31. The number of benzene rings is 2. The number of nitrogens with zero attached hydrogens (tertiary/aromatic N) is 1. The van der Waals surface area contributed by atoms with Gasteiger partial charge < -0.3 is 30.3 Å². The molecule has 1 heterocycles. The van der Waals surface area contributed by atoms with Crippen LogP contribution in [0, 0.1) is 5.82 Å². The lowest BCUT2D eigenvalue weighted by Crippen LogP contribution is -2.52. The Bertz CT molecular complexity index is 1530. The number of pyridine rings is 1. The first-order valence-corrected chi connectivity index (χ1v) is 13.6. The summed E-state index contributed by atoms with van der Waals surface area (Å²) in [6.45, 7) is 5.16. The molecular formula is C30H32ClF4N3O6. The Hall–Kier alpha value is -3.94. The number of aromatic nitrogens is 1. The van der Waals surface area contributed by atoms with Gasteiger partial charge in [-0.3, -0.25) is 4.79 Å². The summed E-state index contributed by atoms with van der Waals surface area (Å²) in [5.74, 6) is -3.04. The van der Waals surface area contributed by atoms with Gasteiger partial charge in [-0.2, -0.15) is 13.2 Å². The number of rotatable bonds is 12. The zero-order valence-electron chi connectivity index (χ0n) is 24.5. The van der Waals surface area contributed by atoms with E-state index in [-0.39, 0.29) is 39.4 Å². The molecule has 0 aliphatic heterocycles. The van der Waals surface area contributed by atoms with E-state index < -0.39 is 53.9 Å². The molecule has 9 nitrogen and oxygen atoms in total. The Morgan fingerprint density at radius 2 is 1.73 bits per heavy atom. The molecule has 1 aromatic heterocycles. The van der Waals surface area contributed by atoms with Crippen LogP contribution in [-0.2, 0) is 15.9 Å². The van der Waals surface area contributed by atoms with Gasteiger partial charge in [-0.25, -0.2) is 14.2 Å². The average Bonchev–Trinajstić information content (AvgIpc) is 2.94. The molecule has 0 fully saturated rings. The Balaban J connectivity index is 2.06. The molecule has 44 heavy (non-hydrogen) atoms. The smallest absolute Gasteiger partial charge is 0.424 e. The van der Waals surface area contributed by atoms with Crippen LogP contribution in [0.5, 0.6) is 11.5 Å². The molecule has 0 saturated carbocycles. The molecule has 1 atom stereocenters. The third-order valence-electron chi connectivity index (χ3n) is 6.59. The van der Waals surface area contributed by atoms with Crippen molar-refractivity contribution in [2.45, 2.75) is 51.1 Å². The van der Waals surface area contributed by atoms with Crippen LogP contribution >= 0.6 is 11.6 Å². The van der Waals surface area contributed by atoms with E-state index in [1.807, 2.05) is 13.8 Å². The lowest BCUT2D eigenvalue weighted by atomic mass is 9.88. The molecule has 238 valence electrons.